The second-order valence-corrected chi connectivity index (χ2v) is 4.74. The van der Waals surface area contributed by atoms with Crippen LogP contribution in [-0.2, 0) is 6.54 Å². The fourth-order valence-electron chi connectivity index (χ4n) is 2.05. The Balaban J connectivity index is 0.00000144. The summed E-state index contributed by atoms with van der Waals surface area (Å²) in [5.41, 5.74) is 0.943. The summed E-state index contributed by atoms with van der Waals surface area (Å²) >= 11 is 5.83. The van der Waals surface area contributed by atoms with Crippen molar-refractivity contribution in [3.05, 3.63) is 34.6 Å². The zero-order valence-electron chi connectivity index (χ0n) is 9.75. The number of nitrogens with one attached hydrogen (secondary N) is 1. The van der Waals surface area contributed by atoms with Crippen molar-refractivity contribution in [2.45, 2.75) is 19.5 Å². The maximum atomic E-state index is 13.2. The molecule has 1 aromatic rings. The molecule has 5 heteroatoms. The first-order valence-corrected chi connectivity index (χ1v) is 5.92. The van der Waals surface area contributed by atoms with Crippen molar-refractivity contribution < 1.29 is 4.39 Å². The van der Waals surface area contributed by atoms with Gasteiger partial charge in [-0.15, -0.1) is 12.4 Å². The lowest BCUT2D eigenvalue weighted by Gasteiger charge is -2.33. The largest absolute Gasteiger partial charge is 0.314 e. The predicted octanol–water partition coefficient (Wildman–Crippen LogP) is 2.69. The molecule has 1 aliphatic heterocycles. The van der Waals surface area contributed by atoms with Gasteiger partial charge in [0.05, 0.1) is 0 Å². The van der Waals surface area contributed by atoms with Gasteiger partial charge in [0.15, 0.2) is 0 Å². The van der Waals surface area contributed by atoms with Gasteiger partial charge in [-0.1, -0.05) is 11.6 Å². The minimum Gasteiger partial charge on any atom is -0.314 e. The van der Waals surface area contributed by atoms with E-state index in [1.54, 1.807) is 6.07 Å². The molecule has 0 bridgehead atoms. The van der Waals surface area contributed by atoms with Crippen LogP contribution in [0.25, 0.3) is 0 Å². The quantitative estimate of drug-likeness (QED) is 0.895. The van der Waals surface area contributed by atoms with E-state index >= 15 is 0 Å². The van der Waals surface area contributed by atoms with Gasteiger partial charge in [-0.25, -0.2) is 4.39 Å². The summed E-state index contributed by atoms with van der Waals surface area (Å²) in [6.07, 6.45) is 0. The first kappa shape index (κ1) is 14.7. The summed E-state index contributed by atoms with van der Waals surface area (Å²) in [6.45, 7) is 5.92. The Labute approximate surface area is 113 Å². The van der Waals surface area contributed by atoms with E-state index in [0.29, 0.717) is 11.1 Å². The van der Waals surface area contributed by atoms with E-state index in [9.17, 15) is 4.39 Å². The molecule has 1 unspecified atom stereocenters. The van der Waals surface area contributed by atoms with Crippen molar-refractivity contribution in [1.29, 1.82) is 0 Å². The minimum absolute atomic E-state index is 0. The highest BCUT2D eigenvalue weighted by Crippen LogP contribution is 2.17. The van der Waals surface area contributed by atoms with Crippen LogP contribution in [-0.4, -0.2) is 30.6 Å². The van der Waals surface area contributed by atoms with Gasteiger partial charge < -0.3 is 5.32 Å². The minimum atomic E-state index is -0.259. The SMILES string of the molecule is CC1CNCCN1Cc1cc(F)cc(Cl)c1.Cl. The highest BCUT2D eigenvalue weighted by Gasteiger charge is 2.17. The smallest absolute Gasteiger partial charge is 0.125 e. The summed E-state index contributed by atoms with van der Waals surface area (Å²) in [4.78, 5) is 2.33. The Kier molecular flexibility index (Phi) is 5.67. The van der Waals surface area contributed by atoms with E-state index < -0.39 is 0 Å². The third-order valence-corrected chi connectivity index (χ3v) is 3.17. The zero-order valence-corrected chi connectivity index (χ0v) is 11.3. The van der Waals surface area contributed by atoms with Crippen molar-refractivity contribution in [2.75, 3.05) is 19.6 Å². The maximum absolute atomic E-state index is 13.2. The van der Waals surface area contributed by atoms with E-state index in [4.69, 9.17) is 11.6 Å². The Hall–Kier alpha value is -0.350. The van der Waals surface area contributed by atoms with Crippen LogP contribution in [0.4, 0.5) is 4.39 Å². The van der Waals surface area contributed by atoms with Gasteiger partial charge in [0.25, 0.3) is 0 Å². The highest BCUT2D eigenvalue weighted by atomic mass is 35.5. The first-order valence-electron chi connectivity index (χ1n) is 5.55. The average Bonchev–Trinajstić information content (AvgIpc) is 2.20. The Morgan fingerprint density at radius 1 is 1.47 bits per heavy atom. The number of piperazine rings is 1. The number of rotatable bonds is 2. The van der Waals surface area contributed by atoms with Crippen LogP contribution in [0, 0.1) is 5.82 Å². The van der Waals surface area contributed by atoms with Gasteiger partial charge in [0.2, 0.25) is 0 Å². The summed E-state index contributed by atoms with van der Waals surface area (Å²) < 4.78 is 13.2. The number of halogens is 3. The molecule has 0 amide bonds. The van der Waals surface area contributed by atoms with Crippen molar-refractivity contribution in [1.82, 2.24) is 10.2 Å². The number of hydrogen-bond donors (Lipinski definition) is 1. The number of hydrogen-bond acceptors (Lipinski definition) is 2. The van der Waals surface area contributed by atoms with Crippen LogP contribution < -0.4 is 5.32 Å². The van der Waals surface area contributed by atoms with Gasteiger partial charge in [-0.05, 0) is 30.7 Å². The van der Waals surface area contributed by atoms with Gasteiger partial charge in [0.1, 0.15) is 5.82 Å². The van der Waals surface area contributed by atoms with E-state index in [2.05, 4.69) is 17.1 Å². The van der Waals surface area contributed by atoms with Gasteiger partial charge in [-0.2, -0.15) is 0 Å². The second kappa shape index (κ2) is 6.55. The molecule has 1 atom stereocenters. The van der Waals surface area contributed by atoms with Crippen LogP contribution in [0.3, 0.4) is 0 Å². The zero-order chi connectivity index (χ0) is 11.5. The van der Waals surface area contributed by atoms with Gasteiger partial charge in [-0.3, -0.25) is 4.90 Å². The summed E-state index contributed by atoms with van der Waals surface area (Å²) in [5, 5.41) is 3.80. The third-order valence-electron chi connectivity index (χ3n) is 2.95. The molecule has 1 fully saturated rings. The third kappa shape index (κ3) is 4.11. The lowest BCUT2D eigenvalue weighted by Crippen LogP contribution is -2.49. The van der Waals surface area contributed by atoms with Crippen LogP contribution in [0.2, 0.25) is 5.02 Å². The molecule has 96 valence electrons. The Morgan fingerprint density at radius 2 is 2.24 bits per heavy atom. The molecule has 1 aromatic carbocycles. The first-order chi connectivity index (χ1) is 7.65. The van der Waals surface area contributed by atoms with Gasteiger partial charge >= 0.3 is 0 Å². The van der Waals surface area contributed by atoms with Crippen LogP contribution >= 0.6 is 24.0 Å². The van der Waals surface area contributed by atoms with E-state index in [1.807, 2.05) is 6.07 Å². The molecule has 2 nitrogen and oxygen atoms in total. The second-order valence-electron chi connectivity index (χ2n) is 4.30. The Morgan fingerprint density at radius 3 is 2.88 bits per heavy atom. The molecule has 0 saturated carbocycles. The fourth-order valence-corrected chi connectivity index (χ4v) is 2.30. The molecular formula is C12H17Cl2FN2. The van der Waals surface area contributed by atoms with Crippen LogP contribution in [0.15, 0.2) is 18.2 Å². The molecular weight excluding hydrogens is 262 g/mol. The average molecular weight is 279 g/mol. The predicted molar refractivity (Wildman–Crippen MR) is 71.4 cm³/mol. The summed E-state index contributed by atoms with van der Waals surface area (Å²) in [7, 11) is 0. The van der Waals surface area contributed by atoms with E-state index in [-0.39, 0.29) is 18.2 Å². The van der Waals surface area contributed by atoms with Crippen molar-refractivity contribution in [3.63, 3.8) is 0 Å². The molecule has 17 heavy (non-hydrogen) atoms. The molecule has 0 aliphatic carbocycles. The molecule has 1 saturated heterocycles. The molecule has 0 aromatic heterocycles. The van der Waals surface area contributed by atoms with E-state index in [1.165, 1.54) is 6.07 Å². The monoisotopic (exact) mass is 278 g/mol. The molecule has 1 N–H and O–H groups in total. The number of benzene rings is 1. The molecule has 0 spiro atoms. The topological polar surface area (TPSA) is 15.3 Å². The summed E-state index contributed by atoms with van der Waals surface area (Å²) in [6, 6.07) is 5.21. The van der Waals surface area contributed by atoms with Crippen molar-refractivity contribution in [3.8, 4) is 0 Å². The van der Waals surface area contributed by atoms with E-state index in [0.717, 1.165) is 31.7 Å². The molecule has 0 radical (unpaired) electrons. The molecule has 2 rings (SSSR count). The molecule has 1 aliphatic rings. The van der Waals surface area contributed by atoms with Crippen molar-refractivity contribution >= 4 is 24.0 Å². The number of nitrogens with zero attached hydrogens (tertiary/aromatic N) is 1. The lowest BCUT2D eigenvalue weighted by molar-refractivity contribution is 0.165. The fraction of sp³-hybridized carbons (Fsp3) is 0.500. The maximum Gasteiger partial charge on any atom is 0.125 e. The van der Waals surface area contributed by atoms with Crippen molar-refractivity contribution in [2.24, 2.45) is 0 Å². The Bertz CT molecular complexity index is 353. The normalized spacial score (nSPS) is 21.0. The van der Waals surface area contributed by atoms with Crippen LogP contribution in [0.1, 0.15) is 12.5 Å². The van der Waals surface area contributed by atoms with Crippen LogP contribution in [0.5, 0.6) is 0 Å². The van der Waals surface area contributed by atoms with Gasteiger partial charge in [0, 0.05) is 37.2 Å². The molecule has 1 heterocycles. The summed E-state index contributed by atoms with van der Waals surface area (Å²) in [5.74, 6) is -0.259. The lowest BCUT2D eigenvalue weighted by atomic mass is 10.1. The standard InChI is InChI=1S/C12H16ClFN2.ClH/c1-9-7-15-2-3-16(9)8-10-4-11(13)6-12(14)5-10;/h4-6,9,15H,2-3,7-8H2,1H3;1H. The highest BCUT2D eigenvalue weighted by molar-refractivity contribution is 6.30.